The van der Waals surface area contributed by atoms with Gasteiger partial charge in [-0.2, -0.15) is 4.31 Å². The van der Waals surface area contributed by atoms with Crippen LogP contribution in [0.2, 0.25) is 0 Å². The van der Waals surface area contributed by atoms with Crippen molar-refractivity contribution in [3.63, 3.8) is 0 Å². The van der Waals surface area contributed by atoms with Crippen LogP contribution in [-0.2, 0) is 23.1 Å². The highest BCUT2D eigenvalue weighted by atomic mass is 32.2. The standard InChI is InChI=1S/C18H22F2N2O2S/c1-3-22(4-2)25(23,24)16-8-5-14(6-9-16)12-21-13-15-7-10-17(19)18(20)11-15/h5-11,21H,3-4,12-13H2,1-2H3. The van der Waals surface area contributed by atoms with E-state index in [2.05, 4.69) is 5.32 Å². The van der Waals surface area contributed by atoms with Crippen LogP contribution in [0.15, 0.2) is 47.4 Å². The first-order valence-corrected chi connectivity index (χ1v) is 9.56. The first-order valence-electron chi connectivity index (χ1n) is 8.12. The molecule has 0 aliphatic rings. The minimum absolute atomic E-state index is 0.264. The predicted molar refractivity (Wildman–Crippen MR) is 93.5 cm³/mol. The maximum atomic E-state index is 13.1. The molecule has 0 unspecified atom stereocenters. The molecule has 2 aromatic rings. The van der Waals surface area contributed by atoms with Gasteiger partial charge < -0.3 is 5.32 Å². The Hall–Kier alpha value is -1.83. The fourth-order valence-corrected chi connectivity index (χ4v) is 3.95. The van der Waals surface area contributed by atoms with E-state index in [9.17, 15) is 17.2 Å². The van der Waals surface area contributed by atoms with Gasteiger partial charge in [0.15, 0.2) is 11.6 Å². The van der Waals surface area contributed by atoms with Crippen LogP contribution in [0.3, 0.4) is 0 Å². The fourth-order valence-electron chi connectivity index (χ4n) is 2.49. The summed E-state index contributed by atoms with van der Waals surface area (Å²) in [6.07, 6.45) is 0. The van der Waals surface area contributed by atoms with Gasteiger partial charge in [-0.15, -0.1) is 0 Å². The van der Waals surface area contributed by atoms with E-state index < -0.39 is 21.7 Å². The first kappa shape index (κ1) is 19.5. The normalized spacial score (nSPS) is 11.9. The van der Waals surface area contributed by atoms with Crippen LogP contribution in [-0.4, -0.2) is 25.8 Å². The molecule has 0 heterocycles. The molecule has 0 aliphatic carbocycles. The number of hydrogen-bond donors (Lipinski definition) is 1. The molecule has 25 heavy (non-hydrogen) atoms. The minimum atomic E-state index is -3.45. The summed E-state index contributed by atoms with van der Waals surface area (Å²) in [5.41, 5.74) is 1.54. The molecule has 2 aromatic carbocycles. The van der Waals surface area contributed by atoms with Gasteiger partial charge in [0.1, 0.15) is 0 Å². The summed E-state index contributed by atoms with van der Waals surface area (Å²) in [6.45, 7) is 5.34. The summed E-state index contributed by atoms with van der Waals surface area (Å²) in [4.78, 5) is 0.264. The third-order valence-electron chi connectivity index (χ3n) is 3.91. The SMILES string of the molecule is CCN(CC)S(=O)(=O)c1ccc(CNCc2ccc(F)c(F)c2)cc1. The first-order chi connectivity index (χ1) is 11.9. The lowest BCUT2D eigenvalue weighted by Gasteiger charge is -2.18. The van der Waals surface area contributed by atoms with Gasteiger partial charge in [-0.05, 0) is 35.4 Å². The third-order valence-corrected chi connectivity index (χ3v) is 5.97. The van der Waals surface area contributed by atoms with Crippen LogP contribution >= 0.6 is 0 Å². The Bertz CT molecular complexity index is 804. The van der Waals surface area contributed by atoms with Crippen LogP contribution < -0.4 is 5.32 Å². The number of nitrogens with one attached hydrogen (secondary N) is 1. The average Bonchev–Trinajstić information content (AvgIpc) is 2.59. The zero-order valence-corrected chi connectivity index (χ0v) is 15.1. The zero-order valence-electron chi connectivity index (χ0n) is 14.3. The lowest BCUT2D eigenvalue weighted by Crippen LogP contribution is -2.30. The monoisotopic (exact) mass is 368 g/mol. The minimum Gasteiger partial charge on any atom is -0.309 e. The quantitative estimate of drug-likeness (QED) is 0.778. The van der Waals surface area contributed by atoms with Gasteiger partial charge in [0.25, 0.3) is 0 Å². The Labute approximate surface area is 147 Å². The molecule has 0 bridgehead atoms. The zero-order chi connectivity index (χ0) is 18.4. The summed E-state index contributed by atoms with van der Waals surface area (Å²) in [5.74, 6) is -1.74. The third kappa shape index (κ3) is 4.84. The Kier molecular flexibility index (Phi) is 6.64. The molecule has 1 N–H and O–H groups in total. The molecule has 0 aromatic heterocycles. The molecule has 4 nitrogen and oxygen atoms in total. The summed E-state index contributed by atoms with van der Waals surface area (Å²) >= 11 is 0. The van der Waals surface area contributed by atoms with Crippen molar-refractivity contribution in [2.45, 2.75) is 31.8 Å². The molecule has 136 valence electrons. The van der Waals surface area contributed by atoms with Crippen LogP contribution in [0.25, 0.3) is 0 Å². The highest BCUT2D eigenvalue weighted by molar-refractivity contribution is 7.89. The second-order valence-corrected chi connectivity index (χ2v) is 7.52. The lowest BCUT2D eigenvalue weighted by molar-refractivity contribution is 0.445. The molecule has 0 spiro atoms. The van der Waals surface area contributed by atoms with Crippen LogP contribution in [0.1, 0.15) is 25.0 Å². The molecule has 0 saturated heterocycles. The number of halogens is 2. The summed E-state index contributed by atoms with van der Waals surface area (Å²) in [5, 5.41) is 3.12. The van der Waals surface area contributed by atoms with E-state index in [0.29, 0.717) is 31.7 Å². The Morgan fingerprint density at radius 3 is 2.00 bits per heavy atom. The van der Waals surface area contributed by atoms with Gasteiger partial charge in [-0.3, -0.25) is 0 Å². The van der Waals surface area contributed by atoms with Gasteiger partial charge in [0.2, 0.25) is 10.0 Å². The Balaban J connectivity index is 1.97. The molecular formula is C18H22F2N2O2S. The maximum absolute atomic E-state index is 13.1. The van der Waals surface area contributed by atoms with E-state index in [0.717, 1.165) is 17.7 Å². The van der Waals surface area contributed by atoms with Gasteiger partial charge in [0.05, 0.1) is 4.90 Å². The number of sulfonamides is 1. The fraction of sp³-hybridized carbons (Fsp3) is 0.333. The van der Waals surface area contributed by atoms with Crippen molar-refractivity contribution in [3.8, 4) is 0 Å². The highest BCUT2D eigenvalue weighted by Gasteiger charge is 2.20. The molecule has 0 amide bonds. The molecule has 0 fully saturated rings. The van der Waals surface area contributed by atoms with Crippen LogP contribution in [0, 0.1) is 11.6 Å². The molecule has 0 radical (unpaired) electrons. The number of nitrogens with zero attached hydrogens (tertiary/aromatic N) is 1. The van der Waals surface area contributed by atoms with Crippen molar-refractivity contribution in [2.24, 2.45) is 0 Å². The topological polar surface area (TPSA) is 49.4 Å². The largest absolute Gasteiger partial charge is 0.309 e. The van der Waals surface area contributed by atoms with E-state index in [1.807, 2.05) is 0 Å². The van der Waals surface area contributed by atoms with Crippen LogP contribution in [0.4, 0.5) is 8.78 Å². The van der Waals surface area contributed by atoms with E-state index in [1.165, 1.54) is 10.4 Å². The number of benzene rings is 2. The van der Waals surface area contributed by atoms with E-state index in [1.54, 1.807) is 38.1 Å². The Morgan fingerprint density at radius 2 is 1.44 bits per heavy atom. The second-order valence-electron chi connectivity index (χ2n) is 5.59. The lowest BCUT2D eigenvalue weighted by atomic mass is 10.2. The molecule has 0 atom stereocenters. The molecule has 0 saturated carbocycles. The van der Waals surface area contributed by atoms with Crippen molar-refractivity contribution in [2.75, 3.05) is 13.1 Å². The second kappa shape index (κ2) is 8.51. The van der Waals surface area contributed by atoms with Gasteiger partial charge in [0, 0.05) is 26.2 Å². The smallest absolute Gasteiger partial charge is 0.243 e. The van der Waals surface area contributed by atoms with Gasteiger partial charge in [-0.25, -0.2) is 17.2 Å². The van der Waals surface area contributed by atoms with E-state index in [4.69, 9.17) is 0 Å². The van der Waals surface area contributed by atoms with Crippen molar-refractivity contribution in [1.82, 2.24) is 9.62 Å². The van der Waals surface area contributed by atoms with Crippen molar-refractivity contribution >= 4 is 10.0 Å². The van der Waals surface area contributed by atoms with E-state index >= 15 is 0 Å². The molecule has 0 aliphatic heterocycles. The molecule has 7 heteroatoms. The van der Waals surface area contributed by atoms with Crippen LogP contribution in [0.5, 0.6) is 0 Å². The molecular weight excluding hydrogens is 346 g/mol. The highest BCUT2D eigenvalue weighted by Crippen LogP contribution is 2.16. The van der Waals surface area contributed by atoms with Crippen molar-refractivity contribution in [3.05, 3.63) is 65.2 Å². The average molecular weight is 368 g/mol. The maximum Gasteiger partial charge on any atom is 0.243 e. The Morgan fingerprint density at radius 1 is 0.880 bits per heavy atom. The molecule has 2 rings (SSSR count). The summed E-state index contributed by atoms with van der Waals surface area (Å²) in [6, 6.07) is 10.4. The van der Waals surface area contributed by atoms with Gasteiger partial charge in [-0.1, -0.05) is 32.0 Å². The van der Waals surface area contributed by atoms with Crippen molar-refractivity contribution in [1.29, 1.82) is 0 Å². The number of hydrogen-bond acceptors (Lipinski definition) is 3. The summed E-state index contributed by atoms with van der Waals surface area (Å²) in [7, 11) is -3.45. The predicted octanol–water partition coefficient (Wildman–Crippen LogP) is 3.29. The number of rotatable bonds is 8. The van der Waals surface area contributed by atoms with Gasteiger partial charge >= 0.3 is 0 Å². The van der Waals surface area contributed by atoms with E-state index in [-0.39, 0.29) is 4.90 Å². The summed E-state index contributed by atoms with van der Waals surface area (Å²) < 4.78 is 52.2. The van der Waals surface area contributed by atoms with Crippen molar-refractivity contribution < 1.29 is 17.2 Å².